The Hall–Kier alpha value is -1.02. The van der Waals surface area contributed by atoms with Crippen LogP contribution in [-0.4, -0.2) is 0 Å². The summed E-state index contributed by atoms with van der Waals surface area (Å²) in [4.78, 5) is 0. The lowest BCUT2D eigenvalue weighted by Gasteiger charge is -2.12. The van der Waals surface area contributed by atoms with Crippen molar-refractivity contribution in [2.45, 2.75) is 39.5 Å². The number of hydrogen-bond donors (Lipinski definition) is 2. The molecule has 1 aromatic rings. The van der Waals surface area contributed by atoms with Crippen LogP contribution in [0.25, 0.3) is 0 Å². The highest BCUT2D eigenvalue weighted by Crippen LogP contribution is 2.23. The van der Waals surface area contributed by atoms with Crippen LogP contribution in [0.3, 0.4) is 0 Å². The van der Waals surface area contributed by atoms with Gasteiger partial charge in [0.05, 0.1) is 5.69 Å². The molecule has 1 rings (SSSR count). The van der Waals surface area contributed by atoms with Crippen LogP contribution in [0, 0.1) is 0 Å². The monoisotopic (exact) mass is 192 g/mol. The van der Waals surface area contributed by atoms with Crippen LogP contribution in [0.4, 0.5) is 5.69 Å². The van der Waals surface area contributed by atoms with E-state index in [0.717, 1.165) is 18.5 Å². The lowest BCUT2D eigenvalue weighted by molar-refractivity contribution is 0.861. The van der Waals surface area contributed by atoms with Crippen molar-refractivity contribution in [2.24, 2.45) is 5.84 Å². The number of rotatable bonds is 4. The second-order valence-electron chi connectivity index (χ2n) is 3.97. The summed E-state index contributed by atoms with van der Waals surface area (Å²) >= 11 is 0. The molecule has 0 aliphatic rings. The third-order valence-electron chi connectivity index (χ3n) is 2.48. The molecule has 0 heterocycles. The van der Waals surface area contributed by atoms with Crippen LogP contribution < -0.4 is 11.3 Å². The van der Waals surface area contributed by atoms with Crippen LogP contribution >= 0.6 is 0 Å². The van der Waals surface area contributed by atoms with Crippen molar-refractivity contribution >= 4 is 5.69 Å². The van der Waals surface area contributed by atoms with E-state index in [1.807, 2.05) is 0 Å². The van der Waals surface area contributed by atoms with Gasteiger partial charge in [0.2, 0.25) is 0 Å². The first-order chi connectivity index (χ1) is 6.69. The molecular weight excluding hydrogens is 172 g/mol. The lowest BCUT2D eigenvalue weighted by Crippen LogP contribution is -2.10. The van der Waals surface area contributed by atoms with Gasteiger partial charge < -0.3 is 5.43 Å². The Morgan fingerprint density at radius 2 is 2.07 bits per heavy atom. The predicted octanol–water partition coefficient (Wildman–Crippen LogP) is 3.05. The highest BCUT2D eigenvalue weighted by molar-refractivity contribution is 5.53. The smallest absolute Gasteiger partial charge is 0.0519 e. The zero-order valence-corrected chi connectivity index (χ0v) is 9.30. The molecule has 0 radical (unpaired) electrons. The van der Waals surface area contributed by atoms with Crippen molar-refractivity contribution in [2.75, 3.05) is 5.43 Å². The van der Waals surface area contributed by atoms with E-state index in [1.165, 1.54) is 11.1 Å². The Morgan fingerprint density at radius 3 is 2.57 bits per heavy atom. The van der Waals surface area contributed by atoms with Crippen LogP contribution in [0.15, 0.2) is 18.2 Å². The van der Waals surface area contributed by atoms with Crippen molar-refractivity contribution in [3.63, 3.8) is 0 Å². The quantitative estimate of drug-likeness (QED) is 0.568. The average molecular weight is 192 g/mol. The number of hydrazine groups is 1. The molecule has 0 bridgehead atoms. The van der Waals surface area contributed by atoms with Gasteiger partial charge in [-0.25, -0.2) is 0 Å². The van der Waals surface area contributed by atoms with E-state index in [1.54, 1.807) is 0 Å². The van der Waals surface area contributed by atoms with Gasteiger partial charge in [0.1, 0.15) is 0 Å². The Bertz CT molecular complexity index is 292. The SMILES string of the molecule is CCCc1ccc(C(C)C)cc1NN. The minimum Gasteiger partial charge on any atom is -0.324 e. The Morgan fingerprint density at radius 1 is 1.36 bits per heavy atom. The summed E-state index contributed by atoms with van der Waals surface area (Å²) in [6.45, 7) is 6.56. The number of benzene rings is 1. The minimum atomic E-state index is 0.553. The number of nitrogens with two attached hydrogens (primary N) is 1. The second kappa shape index (κ2) is 5.01. The fourth-order valence-electron chi connectivity index (χ4n) is 1.57. The molecule has 78 valence electrons. The zero-order chi connectivity index (χ0) is 10.6. The molecule has 0 saturated carbocycles. The van der Waals surface area contributed by atoms with Crippen LogP contribution in [0.5, 0.6) is 0 Å². The van der Waals surface area contributed by atoms with Gasteiger partial charge in [0.25, 0.3) is 0 Å². The van der Waals surface area contributed by atoms with Gasteiger partial charge >= 0.3 is 0 Å². The third kappa shape index (κ3) is 2.48. The average Bonchev–Trinajstić information content (AvgIpc) is 2.18. The molecule has 0 amide bonds. The molecule has 0 saturated heterocycles. The summed E-state index contributed by atoms with van der Waals surface area (Å²) in [6.07, 6.45) is 2.23. The van der Waals surface area contributed by atoms with Crippen LogP contribution in [0.2, 0.25) is 0 Å². The molecule has 0 atom stereocenters. The van der Waals surface area contributed by atoms with Gasteiger partial charge in [0.15, 0.2) is 0 Å². The predicted molar refractivity (Wildman–Crippen MR) is 62.3 cm³/mol. The van der Waals surface area contributed by atoms with Crippen molar-refractivity contribution < 1.29 is 0 Å². The van der Waals surface area contributed by atoms with Gasteiger partial charge in [-0.15, -0.1) is 0 Å². The van der Waals surface area contributed by atoms with Crippen LogP contribution in [0.1, 0.15) is 44.2 Å². The third-order valence-corrected chi connectivity index (χ3v) is 2.48. The summed E-state index contributed by atoms with van der Waals surface area (Å²) < 4.78 is 0. The van der Waals surface area contributed by atoms with E-state index in [4.69, 9.17) is 5.84 Å². The summed E-state index contributed by atoms with van der Waals surface area (Å²) in [6, 6.07) is 6.51. The first-order valence-electron chi connectivity index (χ1n) is 5.28. The summed E-state index contributed by atoms with van der Waals surface area (Å²) in [7, 11) is 0. The molecule has 3 N–H and O–H groups in total. The lowest BCUT2D eigenvalue weighted by atomic mass is 9.99. The number of nitrogens with one attached hydrogen (secondary N) is 1. The first kappa shape index (κ1) is 11.1. The fourth-order valence-corrected chi connectivity index (χ4v) is 1.57. The largest absolute Gasteiger partial charge is 0.324 e. The Balaban J connectivity index is 2.98. The molecule has 2 nitrogen and oxygen atoms in total. The molecular formula is C12H20N2. The Labute approximate surface area is 86.5 Å². The van der Waals surface area contributed by atoms with Gasteiger partial charge in [-0.05, 0) is 29.5 Å². The normalized spacial score (nSPS) is 10.6. The summed E-state index contributed by atoms with van der Waals surface area (Å²) in [5.74, 6) is 6.05. The molecule has 2 heteroatoms. The number of nitrogen functional groups attached to an aromatic ring is 1. The maximum Gasteiger partial charge on any atom is 0.0519 e. The molecule has 0 aliphatic heterocycles. The van der Waals surface area contributed by atoms with Gasteiger partial charge in [0, 0.05) is 0 Å². The van der Waals surface area contributed by atoms with E-state index in [9.17, 15) is 0 Å². The zero-order valence-electron chi connectivity index (χ0n) is 9.30. The summed E-state index contributed by atoms with van der Waals surface area (Å²) in [5.41, 5.74) is 6.48. The van der Waals surface area contributed by atoms with E-state index in [0.29, 0.717) is 5.92 Å². The molecule has 0 aromatic heterocycles. The van der Waals surface area contributed by atoms with Crippen molar-refractivity contribution in [3.8, 4) is 0 Å². The van der Waals surface area contributed by atoms with Crippen LogP contribution in [-0.2, 0) is 6.42 Å². The van der Waals surface area contributed by atoms with E-state index in [-0.39, 0.29) is 0 Å². The second-order valence-corrected chi connectivity index (χ2v) is 3.97. The molecule has 0 unspecified atom stereocenters. The van der Waals surface area contributed by atoms with E-state index in [2.05, 4.69) is 44.4 Å². The molecule has 0 spiro atoms. The minimum absolute atomic E-state index is 0.553. The van der Waals surface area contributed by atoms with Gasteiger partial charge in [-0.2, -0.15) is 0 Å². The standard InChI is InChI=1S/C12H20N2/c1-4-5-10-6-7-11(9(2)3)8-12(10)14-13/h6-9,14H,4-5,13H2,1-3H3. The van der Waals surface area contributed by atoms with Crippen molar-refractivity contribution in [1.29, 1.82) is 0 Å². The Kier molecular flexibility index (Phi) is 3.96. The highest BCUT2D eigenvalue weighted by Gasteiger charge is 2.04. The van der Waals surface area contributed by atoms with Gasteiger partial charge in [-0.3, -0.25) is 5.84 Å². The van der Waals surface area contributed by atoms with E-state index >= 15 is 0 Å². The number of anilines is 1. The molecule has 14 heavy (non-hydrogen) atoms. The highest BCUT2D eigenvalue weighted by atomic mass is 15.2. The maximum absolute atomic E-state index is 5.50. The molecule has 1 aromatic carbocycles. The number of hydrogen-bond acceptors (Lipinski definition) is 2. The number of aryl methyl sites for hydroxylation is 1. The molecule has 0 aliphatic carbocycles. The topological polar surface area (TPSA) is 38.0 Å². The van der Waals surface area contributed by atoms with Crippen molar-refractivity contribution in [3.05, 3.63) is 29.3 Å². The summed E-state index contributed by atoms with van der Waals surface area (Å²) in [5, 5.41) is 0. The van der Waals surface area contributed by atoms with Crippen molar-refractivity contribution in [1.82, 2.24) is 0 Å². The maximum atomic E-state index is 5.50. The first-order valence-corrected chi connectivity index (χ1v) is 5.28. The molecule has 0 fully saturated rings. The van der Waals surface area contributed by atoms with Gasteiger partial charge in [-0.1, -0.05) is 39.3 Å². The fraction of sp³-hybridized carbons (Fsp3) is 0.500. The van der Waals surface area contributed by atoms with E-state index < -0.39 is 0 Å².